The molecule has 1 atom stereocenters. The lowest BCUT2D eigenvalue weighted by Gasteiger charge is -2.14. The molecule has 0 radical (unpaired) electrons. The Morgan fingerprint density at radius 3 is 2.89 bits per heavy atom. The summed E-state index contributed by atoms with van der Waals surface area (Å²) in [7, 11) is 0. The Morgan fingerprint density at radius 1 is 1.15 bits per heavy atom. The van der Waals surface area contributed by atoms with Gasteiger partial charge >= 0.3 is 0 Å². The van der Waals surface area contributed by atoms with Crippen molar-refractivity contribution in [3.63, 3.8) is 0 Å². The second-order valence-electron chi connectivity index (χ2n) is 6.71. The van der Waals surface area contributed by atoms with Crippen LogP contribution in [0.15, 0.2) is 60.9 Å². The molecule has 4 rings (SSSR count). The Kier molecular flexibility index (Phi) is 4.83. The first-order valence-electron chi connectivity index (χ1n) is 9.10. The minimum Gasteiger partial charge on any atom is -0.437 e. The Labute approximate surface area is 158 Å². The SMILES string of the molecule is Cc1ccc(Oc2ncccc2CNC(=O)C2CCc3ccccc32)cn1. The molecule has 0 spiro atoms. The van der Waals surface area contributed by atoms with Gasteiger partial charge in [0.1, 0.15) is 5.75 Å². The van der Waals surface area contributed by atoms with Gasteiger partial charge in [-0.15, -0.1) is 0 Å². The zero-order valence-electron chi connectivity index (χ0n) is 15.2. The van der Waals surface area contributed by atoms with Crippen LogP contribution in [-0.2, 0) is 17.8 Å². The van der Waals surface area contributed by atoms with Gasteiger partial charge < -0.3 is 10.1 Å². The molecule has 5 heteroatoms. The second-order valence-corrected chi connectivity index (χ2v) is 6.71. The van der Waals surface area contributed by atoms with E-state index < -0.39 is 0 Å². The summed E-state index contributed by atoms with van der Waals surface area (Å²) >= 11 is 0. The van der Waals surface area contributed by atoms with Gasteiger partial charge in [0.15, 0.2) is 0 Å². The van der Waals surface area contributed by atoms with Crippen LogP contribution in [0.1, 0.15) is 34.7 Å². The minimum atomic E-state index is -0.0801. The fourth-order valence-electron chi connectivity index (χ4n) is 3.41. The largest absolute Gasteiger partial charge is 0.437 e. The maximum Gasteiger partial charge on any atom is 0.227 e. The summed E-state index contributed by atoms with van der Waals surface area (Å²) in [6.45, 7) is 2.30. The summed E-state index contributed by atoms with van der Waals surface area (Å²) in [5.74, 6) is 1.07. The number of amides is 1. The van der Waals surface area contributed by atoms with Crippen LogP contribution in [0.25, 0.3) is 0 Å². The van der Waals surface area contributed by atoms with Crippen LogP contribution in [0, 0.1) is 6.92 Å². The number of hydrogen-bond acceptors (Lipinski definition) is 4. The van der Waals surface area contributed by atoms with Gasteiger partial charge in [0, 0.05) is 24.0 Å². The number of ether oxygens (including phenoxy) is 1. The van der Waals surface area contributed by atoms with Crippen molar-refractivity contribution in [2.75, 3.05) is 0 Å². The number of carbonyl (C=O) groups is 1. The van der Waals surface area contributed by atoms with Gasteiger partial charge in [-0.2, -0.15) is 0 Å². The normalized spacial score (nSPS) is 15.2. The van der Waals surface area contributed by atoms with E-state index in [0.717, 1.165) is 29.7 Å². The summed E-state index contributed by atoms with van der Waals surface area (Å²) in [4.78, 5) is 21.2. The van der Waals surface area contributed by atoms with Gasteiger partial charge in [0.2, 0.25) is 11.8 Å². The topological polar surface area (TPSA) is 64.1 Å². The number of carbonyl (C=O) groups excluding carboxylic acids is 1. The maximum atomic E-state index is 12.7. The standard InChI is InChI=1S/C22H21N3O2/c1-15-8-10-18(14-24-15)27-22-17(6-4-12-23-22)13-25-21(26)20-11-9-16-5-2-3-7-19(16)20/h2-8,10,12,14,20H,9,11,13H2,1H3,(H,25,26). The van der Waals surface area contributed by atoms with Gasteiger partial charge in [-0.1, -0.05) is 30.3 Å². The van der Waals surface area contributed by atoms with E-state index in [0.29, 0.717) is 18.2 Å². The highest BCUT2D eigenvalue weighted by Crippen LogP contribution is 2.33. The first-order chi connectivity index (χ1) is 13.2. The van der Waals surface area contributed by atoms with Crippen LogP contribution < -0.4 is 10.1 Å². The third-order valence-corrected chi connectivity index (χ3v) is 4.85. The number of aryl methyl sites for hydroxylation is 2. The van der Waals surface area contributed by atoms with Gasteiger partial charge in [0.25, 0.3) is 0 Å². The Balaban J connectivity index is 1.44. The van der Waals surface area contributed by atoms with Gasteiger partial charge in [0.05, 0.1) is 12.1 Å². The van der Waals surface area contributed by atoms with Crippen molar-refractivity contribution in [2.45, 2.75) is 32.2 Å². The number of aromatic nitrogens is 2. The molecule has 0 saturated carbocycles. The van der Waals surface area contributed by atoms with E-state index in [1.54, 1.807) is 12.4 Å². The van der Waals surface area contributed by atoms with Crippen LogP contribution >= 0.6 is 0 Å². The maximum absolute atomic E-state index is 12.7. The number of rotatable bonds is 5. The molecule has 27 heavy (non-hydrogen) atoms. The summed E-state index contributed by atoms with van der Waals surface area (Å²) in [6, 6.07) is 15.7. The molecule has 2 aromatic heterocycles. The van der Waals surface area contributed by atoms with E-state index in [1.807, 2.05) is 43.3 Å². The summed E-state index contributed by atoms with van der Waals surface area (Å²) in [6.07, 6.45) is 5.16. The van der Waals surface area contributed by atoms with Crippen LogP contribution in [0.2, 0.25) is 0 Å². The molecule has 1 amide bonds. The molecule has 2 heterocycles. The molecule has 1 aliphatic rings. The molecule has 136 valence electrons. The van der Waals surface area contributed by atoms with Crippen LogP contribution in [0.3, 0.4) is 0 Å². The van der Waals surface area contributed by atoms with Gasteiger partial charge in [-0.25, -0.2) is 4.98 Å². The molecule has 0 bridgehead atoms. The fraction of sp³-hybridized carbons (Fsp3) is 0.227. The molecule has 5 nitrogen and oxygen atoms in total. The van der Waals surface area contributed by atoms with Gasteiger partial charge in [-0.05, 0) is 49.1 Å². The molecule has 1 unspecified atom stereocenters. The number of fused-ring (bicyclic) bond motifs is 1. The number of nitrogens with zero attached hydrogens (tertiary/aromatic N) is 2. The number of hydrogen-bond donors (Lipinski definition) is 1. The average Bonchev–Trinajstić information content (AvgIpc) is 3.13. The van der Waals surface area contributed by atoms with E-state index in [9.17, 15) is 4.79 Å². The third kappa shape index (κ3) is 3.82. The Morgan fingerprint density at radius 2 is 2.04 bits per heavy atom. The van der Waals surface area contributed by atoms with E-state index >= 15 is 0 Å². The van der Waals surface area contributed by atoms with E-state index in [4.69, 9.17) is 4.74 Å². The number of benzene rings is 1. The van der Waals surface area contributed by atoms with Crippen molar-refractivity contribution in [1.29, 1.82) is 0 Å². The lowest BCUT2D eigenvalue weighted by molar-refractivity contribution is -0.122. The fourth-order valence-corrected chi connectivity index (χ4v) is 3.41. The van der Waals surface area contributed by atoms with E-state index in [2.05, 4.69) is 27.4 Å². The summed E-state index contributed by atoms with van der Waals surface area (Å²) in [5.41, 5.74) is 4.17. The van der Waals surface area contributed by atoms with Crippen molar-refractivity contribution >= 4 is 5.91 Å². The molecule has 0 saturated heterocycles. The van der Waals surface area contributed by atoms with Crippen molar-refractivity contribution in [2.24, 2.45) is 0 Å². The molecule has 0 aliphatic heterocycles. The smallest absolute Gasteiger partial charge is 0.227 e. The highest BCUT2D eigenvalue weighted by molar-refractivity contribution is 5.84. The predicted octanol–water partition coefficient (Wildman–Crippen LogP) is 3.92. The predicted molar refractivity (Wildman–Crippen MR) is 103 cm³/mol. The minimum absolute atomic E-state index is 0.0479. The van der Waals surface area contributed by atoms with Crippen LogP contribution in [-0.4, -0.2) is 15.9 Å². The Bertz CT molecular complexity index is 954. The van der Waals surface area contributed by atoms with Crippen molar-refractivity contribution in [3.05, 3.63) is 83.3 Å². The summed E-state index contributed by atoms with van der Waals surface area (Å²) in [5, 5.41) is 3.04. The average molecular weight is 359 g/mol. The molecular formula is C22H21N3O2. The zero-order chi connectivity index (χ0) is 18.6. The molecule has 3 aromatic rings. The van der Waals surface area contributed by atoms with Crippen molar-refractivity contribution in [1.82, 2.24) is 15.3 Å². The van der Waals surface area contributed by atoms with Crippen LogP contribution in [0.5, 0.6) is 11.6 Å². The zero-order valence-corrected chi connectivity index (χ0v) is 15.2. The first-order valence-corrected chi connectivity index (χ1v) is 9.10. The van der Waals surface area contributed by atoms with Crippen LogP contribution in [0.4, 0.5) is 0 Å². The summed E-state index contributed by atoms with van der Waals surface area (Å²) < 4.78 is 5.85. The quantitative estimate of drug-likeness (QED) is 0.750. The Hall–Kier alpha value is -3.21. The molecule has 1 aromatic carbocycles. The molecule has 1 N–H and O–H groups in total. The third-order valence-electron chi connectivity index (χ3n) is 4.85. The second kappa shape index (κ2) is 7.58. The molecular weight excluding hydrogens is 338 g/mol. The van der Waals surface area contributed by atoms with Crippen molar-refractivity contribution < 1.29 is 9.53 Å². The highest BCUT2D eigenvalue weighted by Gasteiger charge is 2.28. The highest BCUT2D eigenvalue weighted by atomic mass is 16.5. The lowest BCUT2D eigenvalue weighted by Crippen LogP contribution is -2.28. The monoisotopic (exact) mass is 359 g/mol. The number of pyridine rings is 2. The van der Waals surface area contributed by atoms with Crippen molar-refractivity contribution in [3.8, 4) is 11.6 Å². The van der Waals surface area contributed by atoms with Gasteiger partial charge in [-0.3, -0.25) is 9.78 Å². The first kappa shape index (κ1) is 17.2. The van der Waals surface area contributed by atoms with E-state index in [1.165, 1.54) is 5.56 Å². The lowest BCUT2D eigenvalue weighted by atomic mass is 10.0. The molecule has 1 aliphatic carbocycles. The van der Waals surface area contributed by atoms with E-state index in [-0.39, 0.29) is 11.8 Å². The number of nitrogens with one attached hydrogen (secondary N) is 1. The molecule has 0 fully saturated rings.